The van der Waals surface area contributed by atoms with Gasteiger partial charge in [0.2, 0.25) is 0 Å². The second-order valence-electron chi connectivity index (χ2n) is 9.10. The lowest BCUT2D eigenvalue weighted by molar-refractivity contribution is -0.384. The first kappa shape index (κ1) is 21.5. The van der Waals surface area contributed by atoms with Crippen LogP contribution in [0.2, 0.25) is 0 Å². The third-order valence-electron chi connectivity index (χ3n) is 6.42. The molecule has 2 aliphatic rings. The van der Waals surface area contributed by atoms with Crippen LogP contribution in [0, 0.1) is 10.1 Å². The van der Waals surface area contributed by atoms with E-state index in [9.17, 15) is 19.7 Å². The molecule has 8 heteroatoms. The van der Waals surface area contributed by atoms with Crippen LogP contribution in [0.1, 0.15) is 49.8 Å². The summed E-state index contributed by atoms with van der Waals surface area (Å²) in [5, 5.41) is 13.4. The van der Waals surface area contributed by atoms with Crippen LogP contribution < -0.4 is 10.2 Å². The minimum absolute atomic E-state index is 0.0396. The van der Waals surface area contributed by atoms with E-state index in [2.05, 4.69) is 50.2 Å². The predicted octanol–water partition coefficient (Wildman–Crippen LogP) is 4.41. The number of carbonyl (C=O) groups excluding carboxylic acids is 2. The molecule has 2 heterocycles. The molecule has 0 radical (unpaired) electrons. The monoisotopic (exact) mass is 434 g/mol. The highest BCUT2D eigenvalue weighted by Crippen LogP contribution is 2.42. The van der Waals surface area contributed by atoms with Crippen molar-refractivity contribution in [1.29, 1.82) is 0 Å². The Morgan fingerprint density at radius 2 is 1.88 bits per heavy atom. The largest absolute Gasteiger partial charge is 0.369 e. The zero-order chi connectivity index (χ0) is 23.2. The van der Waals surface area contributed by atoms with E-state index in [1.807, 2.05) is 6.07 Å². The average Bonchev–Trinajstić information content (AvgIpc) is 2.99. The summed E-state index contributed by atoms with van der Waals surface area (Å²) < 4.78 is 0. The van der Waals surface area contributed by atoms with Gasteiger partial charge in [0.15, 0.2) is 0 Å². The number of rotatable bonds is 4. The summed E-state index contributed by atoms with van der Waals surface area (Å²) in [4.78, 5) is 39.0. The Balaban J connectivity index is 1.55. The molecule has 2 aromatic carbocycles. The van der Waals surface area contributed by atoms with Crippen molar-refractivity contribution in [3.8, 4) is 0 Å². The molecular formula is C24H26N4O4. The molecule has 32 heavy (non-hydrogen) atoms. The first-order valence-corrected chi connectivity index (χ1v) is 10.5. The van der Waals surface area contributed by atoms with Crippen molar-refractivity contribution in [3.63, 3.8) is 0 Å². The maximum atomic E-state index is 12.8. The lowest BCUT2D eigenvalue weighted by Crippen LogP contribution is -2.45. The second kappa shape index (κ2) is 7.78. The topological polar surface area (TPSA) is 95.8 Å². The average molecular weight is 434 g/mol. The van der Waals surface area contributed by atoms with Crippen LogP contribution in [0.5, 0.6) is 0 Å². The fraction of sp³-hybridized carbons (Fsp3) is 0.333. The summed E-state index contributed by atoms with van der Waals surface area (Å²) >= 11 is 0. The van der Waals surface area contributed by atoms with Crippen LogP contribution in [-0.4, -0.2) is 34.3 Å². The highest BCUT2D eigenvalue weighted by atomic mass is 16.6. The number of carbonyl (C=O) groups is 2. The van der Waals surface area contributed by atoms with E-state index in [4.69, 9.17) is 0 Å². The molecule has 0 saturated carbocycles. The number of anilines is 1. The van der Waals surface area contributed by atoms with Crippen LogP contribution in [-0.2, 0) is 11.3 Å². The van der Waals surface area contributed by atoms with Crippen LogP contribution in [0.3, 0.4) is 0 Å². The number of hydrogen-bond donors (Lipinski definition) is 1. The van der Waals surface area contributed by atoms with E-state index in [-0.39, 0.29) is 23.5 Å². The molecule has 1 N–H and O–H groups in total. The molecule has 0 aliphatic carbocycles. The quantitative estimate of drug-likeness (QED) is 0.333. The number of urea groups is 1. The smallest absolute Gasteiger partial charge is 0.329 e. The zero-order valence-corrected chi connectivity index (χ0v) is 18.6. The molecule has 0 aromatic heterocycles. The maximum absolute atomic E-state index is 12.8. The van der Waals surface area contributed by atoms with Crippen molar-refractivity contribution in [2.45, 2.75) is 45.2 Å². The maximum Gasteiger partial charge on any atom is 0.329 e. The van der Waals surface area contributed by atoms with Gasteiger partial charge in [0.05, 0.1) is 11.5 Å². The number of amides is 3. The number of nitrogens with zero attached hydrogens (tertiary/aromatic N) is 3. The first-order chi connectivity index (χ1) is 15.1. The minimum Gasteiger partial charge on any atom is -0.369 e. The molecule has 2 aromatic rings. The zero-order valence-electron chi connectivity index (χ0n) is 18.6. The fourth-order valence-corrected chi connectivity index (χ4v) is 4.47. The number of fused-ring (bicyclic) bond motifs is 1. The Morgan fingerprint density at radius 1 is 1.19 bits per heavy atom. The van der Waals surface area contributed by atoms with Crippen LogP contribution in [0.25, 0.3) is 6.08 Å². The molecule has 166 valence electrons. The normalized spacial score (nSPS) is 21.0. The van der Waals surface area contributed by atoms with Crippen LogP contribution in [0.15, 0.2) is 48.2 Å². The Kier molecular flexibility index (Phi) is 5.24. The fourth-order valence-electron chi connectivity index (χ4n) is 4.47. The van der Waals surface area contributed by atoms with E-state index in [1.165, 1.54) is 23.4 Å². The summed E-state index contributed by atoms with van der Waals surface area (Å²) in [7, 11) is 2.10. The Hall–Kier alpha value is -3.68. The summed E-state index contributed by atoms with van der Waals surface area (Å²) in [6.07, 6.45) is 2.72. The van der Waals surface area contributed by atoms with Gasteiger partial charge in [0.1, 0.15) is 5.70 Å². The third kappa shape index (κ3) is 3.84. The summed E-state index contributed by atoms with van der Waals surface area (Å²) in [6.45, 7) is 6.71. The molecule has 1 fully saturated rings. The molecule has 4 rings (SSSR count). The van der Waals surface area contributed by atoms with Gasteiger partial charge < -0.3 is 10.2 Å². The Bertz CT molecular complexity index is 1140. The van der Waals surface area contributed by atoms with E-state index < -0.39 is 16.9 Å². The number of non-ortho nitro benzene ring substituents is 1. The number of nitrogens with one attached hydrogen (secondary N) is 1. The summed E-state index contributed by atoms with van der Waals surface area (Å²) in [5.74, 6) is -0.0422. The molecule has 0 spiro atoms. The number of hydrogen-bond acceptors (Lipinski definition) is 5. The second-order valence-corrected chi connectivity index (χ2v) is 9.10. The first-order valence-electron chi connectivity index (χ1n) is 10.5. The SMILES string of the molecule is CC1CC(C)(C)N(C)c2ccc(/C=C3/NC(=O)N(Cc4ccc([N+](=O)[O-])cc4)C3=O)cc21. The number of nitro benzene ring substituents is 1. The summed E-state index contributed by atoms with van der Waals surface area (Å²) in [5.41, 5.74) is 4.13. The molecule has 0 bridgehead atoms. The number of imide groups is 1. The standard InChI is InChI=1S/C24H26N4O4/c1-15-13-24(2,3)26(4)21-10-7-17(11-19(15)21)12-20-22(29)27(23(30)25-20)14-16-5-8-18(9-6-16)28(31)32/h5-12,15H,13-14H2,1-4H3,(H,25,30)/b20-12+. The lowest BCUT2D eigenvalue weighted by Gasteiger charge is -2.45. The van der Waals surface area contributed by atoms with Gasteiger partial charge in [-0.25, -0.2) is 4.79 Å². The van der Waals surface area contributed by atoms with E-state index >= 15 is 0 Å². The number of benzene rings is 2. The van der Waals surface area contributed by atoms with Crippen molar-refractivity contribution in [2.75, 3.05) is 11.9 Å². The summed E-state index contributed by atoms with van der Waals surface area (Å²) in [6, 6.07) is 11.4. The Labute approximate surface area is 186 Å². The van der Waals surface area contributed by atoms with E-state index in [0.29, 0.717) is 11.5 Å². The van der Waals surface area contributed by atoms with Crippen molar-refractivity contribution in [3.05, 3.63) is 75.0 Å². The van der Waals surface area contributed by atoms with E-state index in [0.717, 1.165) is 16.9 Å². The van der Waals surface area contributed by atoms with Gasteiger partial charge >= 0.3 is 6.03 Å². The molecule has 1 unspecified atom stereocenters. The number of nitro groups is 1. The predicted molar refractivity (Wildman–Crippen MR) is 122 cm³/mol. The van der Waals surface area contributed by atoms with E-state index in [1.54, 1.807) is 18.2 Å². The van der Waals surface area contributed by atoms with Crippen molar-refractivity contribution >= 4 is 29.4 Å². The van der Waals surface area contributed by atoms with Gasteiger partial charge in [-0.2, -0.15) is 0 Å². The Morgan fingerprint density at radius 3 is 2.53 bits per heavy atom. The molecule has 1 atom stereocenters. The van der Waals surface area contributed by atoms with Gasteiger partial charge in [-0.3, -0.25) is 19.8 Å². The molecule has 3 amide bonds. The minimum atomic E-state index is -0.507. The molecular weight excluding hydrogens is 408 g/mol. The van der Waals surface area contributed by atoms with Gasteiger partial charge in [0.25, 0.3) is 11.6 Å². The van der Waals surface area contributed by atoms with Crippen molar-refractivity contribution < 1.29 is 14.5 Å². The molecule has 8 nitrogen and oxygen atoms in total. The molecule has 2 aliphatic heterocycles. The third-order valence-corrected chi connectivity index (χ3v) is 6.42. The van der Waals surface area contributed by atoms with Crippen molar-refractivity contribution in [2.24, 2.45) is 0 Å². The van der Waals surface area contributed by atoms with Crippen LogP contribution >= 0.6 is 0 Å². The van der Waals surface area contributed by atoms with Gasteiger partial charge in [0, 0.05) is 30.4 Å². The van der Waals surface area contributed by atoms with Gasteiger partial charge in [-0.15, -0.1) is 0 Å². The molecule has 1 saturated heterocycles. The highest BCUT2D eigenvalue weighted by molar-refractivity contribution is 6.13. The van der Waals surface area contributed by atoms with Gasteiger partial charge in [-0.1, -0.05) is 25.1 Å². The van der Waals surface area contributed by atoms with Crippen LogP contribution in [0.4, 0.5) is 16.2 Å². The lowest BCUT2D eigenvalue weighted by atomic mass is 9.80. The highest BCUT2D eigenvalue weighted by Gasteiger charge is 2.35. The van der Waals surface area contributed by atoms with Gasteiger partial charge in [-0.05, 0) is 61.1 Å². The van der Waals surface area contributed by atoms with Crippen molar-refractivity contribution in [1.82, 2.24) is 10.2 Å².